The fourth-order valence-corrected chi connectivity index (χ4v) is 2.20. The van der Waals surface area contributed by atoms with E-state index < -0.39 is 5.82 Å². The zero-order valence-electron chi connectivity index (χ0n) is 10.6. The lowest BCUT2D eigenvalue weighted by Crippen LogP contribution is -2.22. The molecule has 1 atom stereocenters. The normalized spacial score (nSPS) is 16.6. The van der Waals surface area contributed by atoms with Gasteiger partial charge in [-0.2, -0.15) is 0 Å². The molecule has 2 N–H and O–H groups in total. The number of rotatable bonds is 3. The van der Waals surface area contributed by atoms with Gasteiger partial charge in [0.05, 0.1) is 0 Å². The van der Waals surface area contributed by atoms with Crippen molar-refractivity contribution in [1.82, 2.24) is 0 Å². The maximum Gasteiger partial charge on any atom is 0.167 e. The Labute approximate surface area is 114 Å². The molecule has 0 amide bonds. The summed E-state index contributed by atoms with van der Waals surface area (Å²) in [6.07, 6.45) is 0.299. The average Bonchev–Trinajstić information content (AvgIpc) is 2.79. The van der Waals surface area contributed by atoms with Crippen LogP contribution in [0.15, 0.2) is 36.4 Å². The molecule has 0 spiro atoms. The molecule has 2 aromatic carbocycles. The summed E-state index contributed by atoms with van der Waals surface area (Å²) in [6, 6.07) is 8.63. The minimum absolute atomic E-state index is 0.130. The molecule has 20 heavy (non-hydrogen) atoms. The van der Waals surface area contributed by atoms with Crippen LogP contribution in [-0.2, 0) is 6.42 Å². The van der Waals surface area contributed by atoms with Crippen LogP contribution >= 0.6 is 0 Å². The van der Waals surface area contributed by atoms with E-state index in [1.54, 1.807) is 12.1 Å². The molecule has 0 saturated carbocycles. The number of anilines is 1. The van der Waals surface area contributed by atoms with Crippen LogP contribution in [0.2, 0.25) is 0 Å². The van der Waals surface area contributed by atoms with Crippen LogP contribution in [0, 0.1) is 11.6 Å². The molecule has 0 fully saturated rings. The number of halogens is 2. The van der Waals surface area contributed by atoms with Gasteiger partial charge >= 0.3 is 0 Å². The monoisotopic (exact) mass is 277 g/mol. The third kappa shape index (κ3) is 2.52. The number of hydrogen-bond acceptors (Lipinski definition) is 3. The van der Waals surface area contributed by atoms with Gasteiger partial charge in [-0.15, -0.1) is 0 Å². The summed E-state index contributed by atoms with van der Waals surface area (Å²) in [4.78, 5) is 0. The molecular weight excluding hydrogens is 264 g/mol. The lowest BCUT2D eigenvalue weighted by molar-refractivity contribution is 0.145. The quantitative estimate of drug-likeness (QED) is 0.877. The highest BCUT2D eigenvalue weighted by molar-refractivity contribution is 5.43. The van der Waals surface area contributed by atoms with Gasteiger partial charge in [0.25, 0.3) is 0 Å². The van der Waals surface area contributed by atoms with Crippen molar-refractivity contribution in [1.29, 1.82) is 0 Å². The van der Waals surface area contributed by atoms with Gasteiger partial charge in [-0.25, -0.2) is 8.78 Å². The van der Waals surface area contributed by atoms with E-state index in [1.807, 2.05) is 0 Å². The fraction of sp³-hybridized carbons (Fsp3) is 0.200. The van der Waals surface area contributed by atoms with E-state index >= 15 is 0 Å². The first kappa shape index (κ1) is 12.7. The molecule has 1 unspecified atom stereocenters. The third-order valence-corrected chi connectivity index (χ3v) is 3.14. The topological polar surface area (TPSA) is 44.5 Å². The highest BCUT2D eigenvalue weighted by Gasteiger charge is 2.24. The number of benzene rings is 2. The van der Waals surface area contributed by atoms with E-state index in [4.69, 9.17) is 15.2 Å². The first-order valence-electron chi connectivity index (χ1n) is 6.25. The smallest absolute Gasteiger partial charge is 0.167 e. The van der Waals surface area contributed by atoms with Gasteiger partial charge in [-0.1, -0.05) is 0 Å². The average molecular weight is 277 g/mol. The Morgan fingerprint density at radius 3 is 2.85 bits per heavy atom. The molecule has 1 aliphatic rings. The van der Waals surface area contributed by atoms with Crippen LogP contribution in [0.3, 0.4) is 0 Å². The summed E-state index contributed by atoms with van der Waals surface area (Å²) in [6.45, 7) is 0.192. The zero-order chi connectivity index (χ0) is 14.1. The molecular formula is C15H13F2NO2. The minimum atomic E-state index is -0.508. The molecule has 3 rings (SSSR count). The van der Waals surface area contributed by atoms with Crippen molar-refractivity contribution in [2.24, 2.45) is 0 Å². The van der Waals surface area contributed by atoms with Crippen molar-refractivity contribution in [3.8, 4) is 11.5 Å². The number of ether oxygens (including phenoxy) is 2. The predicted molar refractivity (Wildman–Crippen MR) is 70.8 cm³/mol. The lowest BCUT2D eigenvalue weighted by Gasteiger charge is -2.13. The van der Waals surface area contributed by atoms with Gasteiger partial charge in [0.1, 0.15) is 24.3 Å². The Kier molecular flexibility index (Phi) is 3.18. The summed E-state index contributed by atoms with van der Waals surface area (Å²) in [5.74, 6) is -0.0206. The Hall–Kier alpha value is -2.30. The molecule has 104 valence electrons. The largest absolute Gasteiger partial charge is 0.487 e. The van der Waals surface area contributed by atoms with E-state index in [-0.39, 0.29) is 24.3 Å². The standard InChI is InChI=1S/C15H13F2NO2/c16-10-1-3-14-9(5-10)6-12(20-14)8-19-15-4-2-11(18)7-13(15)17/h1-5,7,12H,6,8,18H2. The van der Waals surface area contributed by atoms with Gasteiger partial charge in [0, 0.05) is 23.7 Å². The highest BCUT2D eigenvalue weighted by Crippen LogP contribution is 2.30. The van der Waals surface area contributed by atoms with E-state index in [0.29, 0.717) is 17.9 Å². The van der Waals surface area contributed by atoms with Gasteiger partial charge in [0.2, 0.25) is 0 Å². The van der Waals surface area contributed by atoms with Crippen molar-refractivity contribution in [2.45, 2.75) is 12.5 Å². The van der Waals surface area contributed by atoms with Crippen LogP contribution in [0.5, 0.6) is 11.5 Å². The fourth-order valence-electron chi connectivity index (χ4n) is 2.20. The zero-order valence-corrected chi connectivity index (χ0v) is 10.6. The Morgan fingerprint density at radius 1 is 1.20 bits per heavy atom. The molecule has 1 aliphatic heterocycles. The summed E-state index contributed by atoms with van der Waals surface area (Å²) < 4.78 is 37.6. The minimum Gasteiger partial charge on any atom is -0.487 e. The van der Waals surface area contributed by atoms with Crippen LogP contribution in [0.4, 0.5) is 14.5 Å². The Bertz CT molecular complexity index is 646. The second-order valence-corrected chi connectivity index (χ2v) is 4.70. The summed E-state index contributed by atoms with van der Waals surface area (Å²) in [5.41, 5.74) is 6.61. The van der Waals surface area contributed by atoms with Crippen LogP contribution in [-0.4, -0.2) is 12.7 Å². The van der Waals surface area contributed by atoms with Crippen molar-refractivity contribution in [3.63, 3.8) is 0 Å². The van der Waals surface area contributed by atoms with Gasteiger partial charge in [-0.05, 0) is 30.3 Å². The molecule has 3 nitrogen and oxygen atoms in total. The van der Waals surface area contributed by atoms with E-state index in [0.717, 1.165) is 5.56 Å². The van der Waals surface area contributed by atoms with Crippen molar-refractivity contribution >= 4 is 5.69 Å². The van der Waals surface area contributed by atoms with E-state index in [2.05, 4.69) is 0 Å². The SMILES string of the molecule is Nc1ccc(OCC2Cc3cc(F)ccc3O2)c(F)c1. The second-order valence-electron chi connectivity index (χ2n) is 4.70. The summed E-state index contributed by atoms with van der Waals surface area (Å²) >= 11 is 0. The number of nitrogen functional groups attached to an aromatic ring is 1. The predicted octanol–water partition coefficient (Wildman–Crippen LogP) is 2.93. The molecule has 5 heteroatoms. The molecule has 2 aromatic rings. The summed E-state index contributed by atoms with van der Waals surface area (Å²) in [7, 11) is 0. The summed E-state index contributed by atoms with van der Waals surface area (Å²) in [5, 5.41) is 0. The third-order valence-electron chi connectivity index (χ3n) is 3.14. The maximum absolute atomic E-state index is 13.5. The highest BCUT2D eigenvalue weighted by atomic mass is 19.1. The number of fused-ring (bicyclic) bond motifs is 1. The number of hydrogen-bond donors (Lipinski definition) is 1. The van der Waals surface area contributed by atoms with Crippen LogP contribution < -0.4 is 15.2 Å². The van der Waals surface area contributed by atoms with E-state index in [9.17, 15) is 8.78 Å². The van der Waals surface area contributed by atoms with Gasteiger partial charge in [-0.3, -0.25) is 0 Å². The van der Waals surface area contributed by atoms with Crippen molar-refractivity contribution in [2.75, 3.05) is 12.3 Å². The van der Waals surface area contributed by atoms with Crippen molar-refractivity contribution < 1.29 is 18.3 Å². The van der Waals surface area contributed by atoms with E-state index in [1.165, 1.54) is 24.3 Å². The first-order valence-corrected chi connectivity index (χ1v) is 6.25. The first-order chi connectivity index (χ1) is 9.61. The molecule has 0 bridgehead atoms. The number of nitrogens with two attached hydrogens (primary N) is 1. The molecule has 0 radical (unpaired) electrons. The Balaban J connectivity index is 1.63. The van der Waals surface area contributed by atoms with Crippen LogP contribution in [0.25, 0.3) is 0 Å². The second kappa shape index (κ2) is 5.00. The van der Waals surface area contributed by atoms with Crippen LogP contribution in [0.1, 0.15) is 5.56 Å². The van der Waals surface area contributed by atoms with Gasteiger partial charge in [0.15, 0.2) is 11.6 Å². The van der Waals surface area contributed by atoms with Crippen molar-refractivity contribution in [3.05, 3.63) is 53.6 Å². The molecule has 0 saturated heterocycles. The lowest BCUT2D eigenvalue weighted by atomic mass is 10.1. The van der Waals surface area contributed by atoms with Gasteiger partial charge < -0.3 is 15.2 Å². The maximum atomic E-state index is 13.5. The molecule has 0 aliphatic carbocycles. The Morgan fingerprint density at radius 2 is 2.05 bits per heavy atom. The molecule has 0 aromatic heterocycles. The molecule has 1 heterocycles.